The topological polar surface area (TPSA) is 30.5 Å². The summed E-state index contributed by atoms with van der Waals surface area (Å²) in [5.74, 6) is 1.63. The van der Waals surface area contributed by atoms with Gasteiger partial charge in [0.15, 0.2) is 11.5 Å². The van der Waals surface area contributed by atoms with Crippen molar-refractivity contribution in [2.45, 2.75) is 13.8 Å². The number of benzene rings is 2. The standard InChI is InChI=1S/C16H17NO2/c1-11-4-3-5-12(2)16(11)17-13-6-7-14-15(10-13)19-9-8-18-14/h3-7,10,17H,8-9H2,1-2H3. The van der Waals surface area contributed by atoms with Gasteiger partial charge < -0.3 is 14.8 Å². The number of para-hydroxylation sites is 1. The summed E-state index contributed by atoms with van der Waals surface area (Å²) in [7, 11) is 0. The molecule has 0 spiro atoms. The lowest BCUT2D eigenvalue weighted by atomic mass is 10.1. The minimum Gasteiger partial charge on any atom is -0.486 e. The van der Waals surface area contributed by atoms with Crippen molar-refractivity contribution in [3.63, 3.8) is 0 Å². The highest BCUT2D eigenvalue weighted by atomic mass is 16.6. The van der Waals surface area contributed by atoms with Crippen molar-refractivity contribution >= 4 is 11.4 Å². The van der Waals surface area contributed by atoms with Crippen LogP contribution in [-0.4, -0.2) is 13.2 Å². The van der Waals surface area contributed by atoms with E-state index in [0.29, 0.717) is 13.2 Å². The molecule has 2 aromatic carbocycles. The highest BCUT2D eigenvalue weighted by molar-refractivity contribution is 5.68. The Morgan fingerprint density at radius 2 is 1.58 bits per heavy atom. The predicted octanol–water partition coefficient (Wildman–Crippen LogP) is 3.82. The minimum absolute atomic E-state index is 0.611. The van der Waals surface area contributed by atoms with Crippen molar-refractivity contribution in [3.05, 3.63) is 47.5 Å². The molecule has 0 unspecified atom stereocenters. The normalized spacial score (nSPS) is 13.2. The van der Waals surface area contributed by atoms with E-state index >= 15 is 0 Å². The zero-order valence-corrected chi connectivity index (χ0v) is 11.2. The molecule has 3 nitrogen and oxygen atoms in total. The summed E-state index contributed by atoms with van der Waals surface area (Å²) in [5.41, 5.74) is 4.63. The van der Waals surface area contributed by atoms with Crippen LogP contribution in [0.25, 0.3) is 0 Å². The number of hydrogen-bond acceptors (Lipinski definition) is 3. The molecule has 98 valence electrons. The first-order valence-electron chi connectivity index (χ1n) is 6.47. The van der Waals surface area contributed by atoms with Gasteiger partial charge in [0.05, 0.1) is 0 Å². The molecule has 0 atom stereocenters. The Morgan fingerprint density at radius 3 is 2.32 bits per heavy atom. The third kappa shape index (κ3) is 2.36. The summed E-state index contributed by atoms with van der Waals surface area (Å²) in [6.07, 6.45) is 0. The van der Waals surface area contributed by atoms with Crippen LogP contribution in [0.15, 0.2) is 36.4 Å². The maximum absolute atomic E-state index is 5.60. The third-order valence-electron chi connectivity index (χ3n) is 3.29. The molecule has 2 aromatic rings. The van der Waals surface area contributed by atoms with E-state index in [1.807, 2.05) is 18.2 Å². The lowest BCUT2D eigenvalue weighted by Crippen LogP contribution is -2.15. The van der Waals surface area contributed by atoms with E-state index < -0.39 is 0 Å². The van der Waals surface area contributed by atoms with Gasteiger partial charge in [-0.25, -0.2) is 0 Å². The zero-order chi connectivity index (χ0) is 13.2. The van der Waals surface area contributed by atoms with Gasteiger partial charge in [-0.1, -0.05) is 18.2 Å². The monoisotopic (exact) mass is 255 g/mol. The van der Waals surface area contributed by atoms with Crippen molar-refractivity contribution in [1.82, 2.24) is 0 Å². The number of nitrogens with one attached hydrogen (secondary N) is 1. The smallest absolute Gasteiger partial charge is 0.163 e. The van der Waals surface area contributed by atoms with E-state index in [0.717, 1.165) is 22.9 Å². The number of anilines is 2. The Bertz CT molecular complexity index is 587. The fraction of sp³-hybridized carbons (Fsp3) is 0.250. The molecule has 3 heteroatoms. The number of aryl methyl sites for hydroxylation is 2. The molecule has 1 aliphatic rings. The Balaban J connectivity index is 1.91. The van der Waals surface area contributed by atoms with E-state index in [1.54, 1.807) is 0 Å². The SMILES string of the molecule is Cc1cccc(C)c1Nc1ccc2c(c1)OCCO2. The molecule has 0 aromatic heterocycles. The number of hydrogen-bond donors (Lipinski definition) is 1. The van der Waals surface area contributed by atoms with Crippen LogP contribution in [0.3, 0.4) is 0 Å². The molecule has 0 aliphatic carbocycles. The van der Waals surface area contributed by atoms with Crippen molar-refractivity contribution in [2.75, 3.05) is 18.5 Å². The van der Waals surface area contributed by atoms with E-state index in [9.17, 15) is 0 Å². The molecule has 0 saturated carbocycles. The second kappa shape index (κ2) is 4.84. The summed E-state index contributed by atoms with van der Waals surface area (Å²) in [6.45, 7) is 5.44. The fourth-order valence-electron chi connectivity index (χ4n) is 2.28. The van der Waals surface area contributed by atoms with Gasteiger partial charge in [-0.2, -0.15) is 0 Å². The van der Waals surface area contributed by atoms with Crippen LogP contribution in [0.2, 0.25) is 0 Å². The Labute approximate surface area is 113 Å². The highest BCUT2D eigenvalue weighted by Gasteiger charge is 2.12. The van der Waals surface area contributed by atoms with E-state index in [4.69, 9.17) is 9.47 Å². The Kier molecular flexibility index (Phi) is 3.03. The van der Waals surface area contributed by atoms with Crippen LogP contribution in [-0.2, 0) is 0 Å². The molecular weight excluding hydrogens is 238 g/mol. The Hall–Kier alpha value is -2.16. The molecule has 1 aliphatic heterocycles. The van der Waals surface area contributed by atoms with Crippen LogP contribution >= 0.6 is 0 Å². The van der Waals surface area contributed by atoms with E-state index in [2.05, 4.69) is 37.4 Å². The first-order valence-corrected chi connectivity index (χ1v) is 6.47. The molecule has 0 amide bonds. The summed E-state index contributed by atoms with van der Waals surface area (Å²) < 4.78 is 11.1. The van der Waals surface area contributed by atoms with Crippen LogP contribution in [0.5, 0.6) is 11.5 Å². The van der Waals surface area contributed by atoms with Crippen LogP contribution in [0, 0.1) is 13.8 Å². The zero-order valence-electron chi connectivity index (χ0n) is 11.2. The third-order valence-corrected chi connectivity index (χ3v) is 3.29. The summed E-state index contributed by atoms with van der Waals surface area (Å²) in [6, 6.07) is 12.2. The number of rotatable bonds is 2. The van der Waals surface area contributed by atoms with Crippen molar-refractivity contribution < 1.29 is 9.47 Å². The number of ether oxygens (including phenoxy) is 2. The van der Waals surface area contributed by atoms with Gasteiger partial charge in [-0.05, 0) is 37.1 Å². The molecule has 0 fully saturated rings. The van der Waals surface area contributed by atoms with Gasteiger partial charge in [0, 0.05) is 17.4 Å². The van der Waals surface area contributed by atoms with Crippen LogP contribution < -0.4 is 14.8 Å². The minimum atomic E-state index is 0.611. The van der Waals surface area contributed by atoms with E-state index in [-0.39, 0.29) is 0 Å². The second-order valence-corrected chi connectivity index (χ2v) is 4.75. The average Bonchev–Trinajstić information content (AvgIpc) is 2.43. The molecule has 0 bridgehead atoms. The summed E-state index contributed by atoms with van der Waals surface area (Å²) in [4.78, 5) is 0. The number of fused-ring (bicyclic) bond motifs is 1. The maximum atomic E-state index is 5.60. The molecule has 0 radical (unpaired) electrons. The van der Waals surface area contributed by atoms with Gasteiger partial charge >= 0.3 is 0 Å². The lowest BCUT2D eigenvalue weighted by molar-refractivity contribution is 0.171. The van der Waals surface area contributed by atoms with Gasteiger partial charge in [0.1, 0.15) is 13.2 Å². The summed E-state index contributed by atoms with van der Waals surface area (Å²) in [5, 5.41) is 3.46. The Morgan fingerprint density at radius 1 is 0.895 bits per heavy atom. The van der Waals surface area contributed by atoms with Crippen molar-refractivity contribution in [3.8, 4) is 11.5 Å². The molecule has 0 saturated heterocycles. The van der Waals surface area contributed by atoms with E-state index in [1.165, 1.54) is 11.1 Å². The summed E-state index contributed by atoms with van der Waals surface area (Å²) >= 11 is 0. The predicted molar refractivity (Wildman–Crippen MR) is 76.6 cm³/mol. The largest absolute Gasteiger partial charge is 0.486 e. The quantitative estimate of drug-likeness (QED) is 0.885. The van der Waals surface area contributed by atoms with Gasteiger partial charge in [0.2, 0.25) is 0 Å². The van der Waals surface area contributed by atoms with Crippen LogP contribution in [0.1, 0.15) is 11.1 Å². The van der Waals surface area contributed by atoms with Crippen LogP contribution in [0.4, 0.5) is 11.4 Å². The first kappa shape index (κ1) is 11.9. The second-order valence-electron chi connectivity index (χ2n) is 4.75. The highest BCUT2D eigenvalue weighted by Crippen LogP contribution is 2.34. The van der Waals surface area contributed by atoms with Crippen molar-refractivity contribution in [2.24, 2.45) is 0 Å². The molecule has 19 heavy (non-hydrogen) atoms. The molecular formula is C16H17NO2. The molecule has 1 N–H and O–H groups in total. The fourth-order valence-corrected chi connectivity index (χ4v) is 2.28. The molecule has 3 rings (SSSR count). The lowest BCUT2D eigenvalue weighted by Gasteiger charge is -2.20. The first-order chi connectivity index (χ1) is 9.24. The van der Waals surface area contributed by atoms with Gasteiger partial charge in [-0.3, -0.25) is 0 Å². The molecule has 1 heterocycles. The average molecular weight is 255 g/mol. The van der Waals surface area contributed by atoms with Gasteiger partial charge in [0.25, 0.3) is 0 Å². The van der Waals surface area contributed by atoms with Crippen molar-refractivity contribution in [1.29, 1.82) is 0 Å². The maximum Gasteiger partial charge on any atom is 0.163 e. The van der Waals surface area contributed by atoms with Gasteiger partial charge in [-0.15, -0.1) is 0 Å².